The third kappa shape index (κ3) is 6.67. The van der Waals surface area contributed by atoms with E-state index in [-0.39, 0.29) is 28.0 Å². The van der Waals surface area contributed by atoms with Gasteiger partial charge < -0.3 is 0 Å². The van der Waals surface area contributed by atoms with E-state index in [1.807, 2.05) is 41.5 Å². The van der Waals surface area contributed by atoms with Gasteiger partial charge in [-0.15, -0.1) is 0 Å². The van der Waals surface area contributed by atoms with E-state index in [1.165, 1.54) is 0 Å². The average Bonchev–Trinajstić information content (AvgIpc) is 1.96. The van der Waals surface area contributed by atoms with Crippen LogP contribution in [0, 0.1) is 17.8 Å². The third-order valence-electron chi connectivity index (χ3n) is 2.13. The van der Waals surface area contributed by atoms with Gasteiger partial charge in [0, 0.05) is 0 Å². The quantitative estimate of drug-likeness (QED) is 0.699. The normalized spacial score (nSPS) is 14.1. The summed E-state index contributed by atoms with van der Waals surface area (Å²) < 4.78 is 30.6. The maximum atomic E-state index is 12.6. The first-order valence-electron chi connectivity index (χ1n) is 6.16. The average molecular weight is 270 g/mol. The Bertz CT molecular complexity index is 304. The van der Waals surface area contributed by atoms with Crippen LogP contribution in [0.15, 0.2) is 0 Å². The topological polar surface area (TPSA) is 43.4 Å². The first-order valence-corrected chi connectivity index (χ1v) is 9.84. The summed E-state index contributed by atoms with van der Waals surface area (Å²) in [5, 5.41) is 0.396. The van der Waals surface area contributed by atoms with Gasteiger partial charge in [-0.05, 0) is 0 Å². The Morgan fingerprint density at radius 2 is 1.19 bits per heavy atom. The van der Waals surface area contributed by atoms with Gasteiger partial charge >= 0.3 is 100 Å². The molecule has 0 aromatic heterocycles. The molecular formula is C12H27O3V. The monoisotopic (exact) mass is 270 g/mol. The van der Waals surface area contributed by atoms with Gasteiger partial charge in [-0.2, -0.15) is 0 Å². The fraction of sp³-hybridized carbons (Fsp3) is 1.00. The molecule has 0 aromatic carbocycles. The van der Waals surface area contributed by atoms with Gasteiger partial charge in [0.15, 0.2) is 0 Å². The van der Waals surface area contributed by atoms with E-state index in [1.54, 1.807) is 0 Å². The molecule has 16 heavy (non-hydrogen) atoms. The number of rotatable bonds is 7. The molecule has 3 nitrogen and oxygen atoms in total. The van der Waals surface area contributed by atoms with Crippen LogP contribution in [0.1, 0.15) is 41.5 Å². The fourth-order valence-corrected chi connectivity index (χ4v) is 7.86. The molecule has 0 amide bonds. The van der Waals surface area contributed by atoms with Crippen molar-refractivity contribution in [3.63, 3.8) is 0 Å². The van der Waals surface area contributed by atoms with Gasteiger partial charge in [0.1, 0.15) is 0 Å². The summed E-state index contributed by atoms with van der Waals surface area (Å²) in [5.74, 6) is 0.515. The van der Waals surface area contributed by atoms with E-state index in [2.05, 4.69) is 0 Å². The van der Waals surface area contributed by atoms with Crippen molar-refractivity contribution in [2.75, 3.05) is 6.61 Å². The standard InChI is InChI=1S/C4H9O.2C4H9.2O.V/c1-4(2)3-5;2*1-4(2)3;;;/h4H,3H2,1-2H3;2*4H,1H2,2-3H3;;;/q-1;;;;;+1. The van der Waals surface area contributed by atoms with Gasteiger partial charge in [-0.25, -0.2) is 0 Å². The van der Waals surface area contributed by atoms with Crippen LogP contribution in [-0.2, 0) is 24.1 Å². The molecule has 0 aliphatic rings. The van der Waals surface area contributed by atoms with Gasteiger partial charge in [0.05, 0.1) is 0 Å². The van der Waals surface area contributed by atoms with Crippen molar-refractivity contribution in [3.05, 3.63) is 0 Å². The molecule has 0 radical (unpaired) electrons. The molecule has 0 aliphatic carbocycles. The Morgan fingerprint density at radius 3 is 1.44 bits per heavy atom. The Balaban J connectivity index is 4.87. The van der Waals surface area contributed by atoms with E-state index in [4.69, 9.17) is 3.66 Å². The Kier molecular flexibility index (Phi) is 5.71. The van der Waals surface area contributed by atoms with Crippen LogP contribution in [-0.4, -0.2) is 6.61 Å². The molecule has 0 aromatic rings. The molecule has 4 heteroatoms. The first-order chi connectivity index (χ1) is 7.03. The molecule has 98 valence electrons. The second-order valence-corrected chi connectivity index (χ2v) is 11.4. The molecule has 0 bridgehead atoms. The molecule has 0 rings (SSSR count). The van der Waals surface area contributed by atoms with Crippen molar-refractivity contribution in [1.29, 1.82) is 0 Å². The fourth-order valence-electron chi connectivity index (χ4n) is 1.91. The summed E-state index contributed by atoms with van der Waals surface area (Å²) in [7, 11) is 0. The van der Waals surface area contributed by atoms with Crippen LogP contribution in [0.3, 0.4) is 0 Å². The molecule has 0 atom stereocenters. The summed E-state index contributed by atoms with van der Waals surface area (Å²) in [5.41, 5.74) is 0. The Morgan fingerprint density at radius 1 is 0.812 bits per heavy atom. The second kappa shape index (κ2) is 5.66. The summed E-state index contributed by atoms with van der Waals surface area (Å²) in [6, 6.07) is 0. The number of hydrogen-bond donors (Lipinski definition) is 0. The van der Waals surface area contributed by atoms with Gasteiger partial charge in [-0.1, -0.05) is 0 Å². The molecule has 0 fully saturated rings. The molecule has 0 saturated heterocycles. The zero-order chi connectivity index (χ0) is 13.0. The molecule has 0 heterocycles. The second-order valence-electron chi connectivity index (χ2n) is 6.06. The molecule has 0 unspecified atom stereocenters. The van der Waals surface area contributed by atoms with Crippen molar-refractivity contribution in [2.45, 2.75) is 51.8 Å². The predicted molar refractivity (Wildman–Crippen MR) is 61.5 cm³/mol. The summed E-state index contributed by atoms with van der Waals surface area (Å²) in [6.07, 6.45) is 0. The minimum absolute atomic E-state index is 0.131. The van der Waals surface area contributed by atoms with E-state index in [0.717, 1.165) is 0 Å². The Labute approximate surface area is 100 Å². The van der Waals surface area contributed by atoms with Crippen molar-refractivity contribution in [3.8, 4) is 0 Å². The van der Waals surface area contributed by atoms with E-state index in [9.17, 15) is 7.35 Å². The van der Waals surface area contributed by atoms with Crippen LogP contribution in [0.2, 0.25) is 10.3 Å². The van der Waals surface area contributed by atoms with E-state index < -0.39 is 13.1 Å². The van der Waals surface area contributed by atoms with Gasteiger partial charge in [0.25, 0.3) is 0 Å². The number of hydrogen-bond acceptors (Lipinski definition) is 3. The summed E-state index contributed by atoms with van der Waals surface area (Å²) in [6.45, 7) is 12.0. The molecule has 0 saturated carbocycles. The van der Waals surface area contributed by atoms with Crippen LogP contribution in [0.5, 0.6) is 0 Å². The third-order valence-corrected chi connectivity index (χ3v) is 7.75. The van der Waals surface area contributed by atoms with E-state index in [0.29, 0.717) is 6.61 Å². The molecule has 0 N–H and O–H groups in total. The van der Waals surface area contributed by atoms with Crippen LogP contribution in [0.4, 0.5) is 0 Å². The van der Waals surface area contributed by atoms with Gasteiger partial charge in [-0.3, -0.25) is 0 Å². The van der Waals surface area contributed by atoms with Crippen LogP contribution >= 0.6 is 0 Å². The Hall–Kier alpha value is 0.144. The van der Waals surface area contributed by atoms with Crippen molar-refractivity contribution < 1.29 is 24.1 Å². The SMILES string of the molecule is CC(C)C[O][V](=[O])(=[O])([CH2]C(C)C)[CH2]C(C)C. The molecule has 0 spiro atoms. The van der Waals surface area contributed by atoms with Gasteiger partial charge in [0.2, 0.25) is 0 Å². The summed E-state index contributed by atoms with van der Waals surface area (Å²) in [4.78, 5) is 0. The predicted octanol–water partition coefficient (Wildman–Crippen LogP) is 4.10. The zero-order valence-electron chi connectivity index (χ0n) is 11.5. The van der Waals surface area contributed by atoms with E-state index >= 15 is 0 Å². The molecular weight excluding hydrogens is 243 g/mol. The van der Waals surface area contributed by atoms with Crippen LogP contribution < -0.4 is 0 Å². The molecule has 0 aliphatic heterocycles. The summed E-state index contributed by atoms with van der Waals surface area (Å²) >= 11 is -4.99. The van der Waals surface area contributed by atoms with Crippen LogP contribution in [0.25, 0.3) is 0 Å². The van der Waals surface area contributed by atoms with Crippen molar-refractivity contribution >= 4 is 0 Å². The first kappa shape index (κ1) is 16.1. The van der Waals surface area contributed by atoms with Crippen molar-refractivity contribution in [1.82, 2.24) is 0 Å². The van der Waals surface area contributed by atoms with Crippen molar-refractivity contribution in [2.24, 2.45) is 17.8 Å². The zero-order valence-corrected chi connectivity index (χ0v) is 12.9. The minimum atomic E-state index is -4.99. The maximum absolute atomic E-state index is 12.6.